The van der Waals surface area contributed by atoms with E-state index in [2.05, 4.69) is 11.9 Å². The van der Waals surface area contributed by atoms with Crippen molar-refractivity contribution in [3.63, 3.8) is 0 Å². The summed E-state index contributed by atoms with van der Waals surface area (Å²) in [5, 5.41) is 20.0. The molecule has 2 rings (SSSR count). The van der Waals surface area contributed by atoms with Crippen molar-refractivity contribution in [2.75, 3.05) is 6.54 Å². The first kappa shape index (κ1) is 17.8. The van der Waals surface area contributed by atoms with Crippen LogP contribution < -0.4 is 4.74 Å². The molecule has 1 aromatic carbocycles. The largest absolute Gasteiger partial charge is 0.507 e. The molecule has 0 saturated heterocycles. The molecule has 0 unspecified atom stereocenters. The summed E-state index contributed by atoms with van der Waals surface area (Å²) in [5.74, 6) is 0.936. The van der Waals surface area contributed by atoms with Crippen LogP contribution in [0.1, 0.15) is 64.5 Å². The standard InChI is InChI=1S/C19H29NO3/c1-5-6-7-8-14-9-16(22)18-15(20-12-13(2)21)11-19(3,4)23-17(18)10-14/h9-10,13,21-22H,5-8,11-12H2,1-4H3/t13-/m1/s1. The summed E-state index contributed by atoms with van der Waals surface area (Å²) in [5.41, 5.74) is 2.24. The number of aromatic hydroxyl groups is 1. The Kier molecular flexibility index (Phi) is 5.69. The molecule has 0 bridgehead atoms. The number of rotatable bonds is 6. The Hall–Kier alpha value is -1.55. The number of aliphatic hydroxyl groups excluding tert-OH is 1. The number of hydrogen-bond donors (Lipinski definition) is 2. The van der Waals surface area contributed by atoms with Gasteiger partial charge in [0.05, 0.1) is 23.9 Å². The molecule has 0 aromatic heterocycles. The second-order valence-corrected chi connectivity index (χ2v) is 7.12. The number of aliphatic hydroxyl groups is 1. The molecule has 128 valence electrons. The van der Waals surface area contributed by atoms with Crippen molar-refractivity contribution in [3.8, 4) is 11.5 Å². The van der Waals surface area contributed by atoms with Crippen LogP contribution in [0.25, 0.3) is 0 Å². The van der Waals surface area contributed by atoms with Crippen LogP contribution in [0.5, 0.6) is 11.5 Å². The average molecular weight is 319 g/mol. The Bertz CT molecular complexity index is 576. The van der Waals surface area contributed by atoms with Crippen molar-refractivity contribution in [2.45, 2.75) is 71.5 Å². The van der Waals surface area contributed by atoms with E-state index >= 15 is 0 Å². The molecule has 1 heterocycles. The van der Waals surface area contributed by atoms with Crippen LogP contribution in [0.2, 0.25) is 0 Å². The number of aliphatic imine (C=N–C) groups is 1. The van der Waals surface area contributed by atoms with Crippen LogP contribution in [-0.2, 0) is 6.42 Å². The number of ether oxygens (including phenoxy) is 1. The predicted octanol–water partition coefficient (Wildman–Crippen LogP) is 3.86. The Morgan fingerprint density at radius 2 is 2.04 bits per heavy atom. The first-order chi connectivity index (χ1) is 10.8. The molecule has 0 fully saturated rings. The maximum atomic E-state index is 10.5. The molecule has 2 N–H and O–H groups in total. The van der Waals surface area contributed by atoms with Crippen molar-refractivity contribution < 1.29 is 14.9 Å². The van der Waals surface area contributed by atoms with Gasteiger partial charge in [0, 0.05) is 6.42 Å². The molecule has 4 nitrogen and oxygen atoms in total. The van der Waals surface area contributed by atoms with Crippen molar-refractivity contribution in [3.05, 3.63) is 23.3 Å². The minimum absolute atomic E-state index is 0.230. The highest BCUT2D eigenvalue weighted by Gasteiger charge is 2.33. The van der Waals surface area contributed by atoms with Crippen molar-refractivity contribution in [1.29, 1.82) is 0 Å². The number of hydrogen-bond acceptors (Lipinski definition) is 4. The Morgan fingerprint density at radius 3 is 2.70 bits per heavy atom. The fourth-order valence-electron chi connectivity index (χ4n) is 2.95. The molecule has 23 heavy (non-hydrogen) atoms. The van der Waals surface area contributed by atoms with Crippen molar-refractivity contribution in [2.24, 2.45) is 4.99 Å². The molecular weight excluding hydrogens is 290 g/mol. The zero-order valence-corrected chi connectivity index (χ0v) is 14.7. The number of phenols is 1. The minimum atomic E-state index is -0.493. The summed E-state index contributed by atoms with van der Waals surface area (Å²) in [6, 6.07) is 3.86. The molecule has 1 aliphatic rings. The molecule has 0 radical (unpaired) electrons. The minimum Gasteiger partial charge on any atom is -0.507 e. The van der Waals surface area contributed by atoms with E-state index in [9.17, 15) is 10.2 Å². The summed E-state index contributed by atoms with van der Waals surface area (Å²) in [7, 11) is 0. The number of fused-ring (bicyclic) bond motifs is 1. The molecule has 0 amide bonds. The normalized spacial score (nSPS) is 19.3. The zero-order chi connectivity index (χ0) is 17.0. The predicted molar refractivity (Wildman–Crippen MR) is 93.7 cm³/mol. The van der Waals surface area contributed by atoms with Crippen LogP contribution in [0.15, 0.2) is 17.1 Å². The van der Waals surface area contributed by atoms with Gasteiger partial charge in [-0.1, -0.05) is 19.8 Å². The van der Waals surface area contributed by atoms with Crippen LogP contribution >= 0.6 is 0 Å². The first-order valence-electron chi connectivity index (χ1n) is 8.59. The number of phenolic OH excluding ortho intramolecular Hbond substituents is 1. The molecule has 1 atom stereocenters. The lowest BCUT2D eigenvalue weighted by atomic mass is 9.90. The van der Waals surface area contributed by atoms with E-state index in [0.29, 0.717) is 24.3 Å². The fraction of sp³-hybridized carbons (Fsp3) is 0.632. The molecule has 1 aromatic rings. The quantitative estimate of drug-likeness (QED) is 0.783. The summed E-state index contributed by atoms with van der Waals surface area (Å²) >= 11 is 0. The van der Waals surface area contributed by atoms with Gasteiger partial charge in [-0.3, -0.25) is 4.99 Å². The summed E-state index contributed by atoms with van der Waals surface area (Å²) in [4.78, 5) is 4.51. The van der Waals surface area contributed by atoms with Crippen LogP contribution in [-0.4, -0.2) is 34.2 Å². The lowest BCUT2D eigenvalue weighted by Crippen LogP contribution is -2.36. The molecule has 0 spiro atoms. The van der Waals surface area contributed by atoms with E-state index in [1.165, 1.54) is 12.8 Å². The third-order valence-corrected chi connectivity index (χ3v) is 4.02. The number of aryl methyl sites for hydroxylation is 1. The van der Waals surface area contributed by atoms with Gasteiger partial charge < -0.3 is 14.9 Å². The van der Waals surface area contributed by atoms with Gasteiger partial charge in [0.25, 0.3) is 0 Å². The maximum Gasteiger partial charge on any atom is 0.133 e. The molecular formula is C19H29NO3. The maximum absolute atomic E-state index is 10.5. The SMILES string of the molecule is CCCCCc1cc(O)c2c(c1)OC(C)(C)CC2=NC[C@@H](C)O. The highest BCUT2D eigenvalue weighted by molar-refractivity contribution is 6.06. The van der Waals surface area contributed by atoms with E-state index < -0.39 is 6.10 Å². The second-order valence-electron chi connectivity index (χ2n) is 7.12. The number of nitrogens with zero attached hydrogens (tertiary/aromatic N) is 1. The second kappa shape index (κ2) is 7.35. The lowest BCUT2D eigenvalue weighted by molar-refractivity contribution is 0.110. The van der Waals surface area contributed by atoms with Crippen LogP contribution in [0.4, 0.5) is 0 Å². The summed E-state index contributed by atoms with van der Waals surface area (Å²) in [6.07, 6.45) is 4.55. The topological polar surface area (TPSA) is 62.0 Å². The third kappa shape index (κ3) is 4.71. The van der Waals surface area contributed by atoms with Gasteiger partial charge in [-0.25, -0.2) is 0 Å². The molecule has 4 heteroatoms. The average Bonchev–Trinajstić information content (AvgIpc) is 2.43. The van der Waals surface area contributed by atoms with Crippen LogP contribution in [0.3, 0.4) is 0 Å². The molecule has 0 saturated carbocycles. The smallest absolute Gasteiger partial charge is 0.133 e. The van der Waals surface area contributed by atoms with Gasteiger partial charge in [0.15, 0.2) is 0 Å². The fourth-order valence-corrected chi connectivity index (χ4v) is 2.95. The third-order valence-electron chi connectivity index (χ3n) is 4.02. The van der Waals surface area contributed by atoms with E-state index in [4.69, 9.17) is 4.74 Å². The highest BCUT2D eigenvalue weighted by Crippen LogP contribution is 2.39. The van der Waals surface area contributed by atoms with Crippen molar-refractivity contribution in [1.82, 2.24) is 0 Å². The highest BCUT2D eigenvalue weighted by atomic mass is 16.5. The van der Waals surface area contributed by atoms with Gasteiger partial charge >= 0.3 is 0 Å². The van der Waals surface area contributed by atoms with Gasteiger partial charge in [-0.2, -0.15) is 0 Å². The van der Waals surface area contributed by atoms with Gasteiger partial charge in [0.1, 0.15) is 17.1 Å². The monoisotopic (exact) mass is 319 g/mol. The molecule has 1 aliphatic heterocycles. The number of benzene rings is 1. The zero-order valence-electron chi connectivity index (χ0n) is 14.7. The van der Waals surface area contributed by atoms with Gasteiger partial charge in [0.2, 0.25) is 0 Å². The van der Waals surface area contributed by atoms with Crippen molar-refractivity contribution >= 4 is 5.71 Å². The number of unbranched alkanes of at least 4 members (excludes halogenated alkanes) is 2. The van der Waals surface area contributed by atoms with E-state index in [0.717, 1.165) is 24.1 Å². The van der Waals surface area contributed by atoms with E-state index in [-0.39, 0.29) is 11.4 Å². The van der Waals surface area contributed by atoms with E-state index in [1.807, 2.05) is 26.0 Å². The summed E-state index contributed by atoms with van der Waals surface area (Å²) < 4.78 is 6.08. The Morgan fingerprint density at radius 1 is 1.30 bits per heavy atom. The van der Waals surface area contributed by atoms with Gasteiger partial charge in [-0.05, 0) is 51.3 Å². The first-order valence-corrected chi connectivity index (χ1v) is 8.59. The summed E-state index contributed by atoms with van der Waals surface area (Å²) in [6.45, 7) is 8.28. The Labute approximate surface area is 139 Å². The molecule has 0 aliphatic carbocycles. The lowest BCUT2D eigenvalue weighted by Gasteiger charge is -2.34. The Balaban J connectivity index is 2.35. The van der Waals surface area contributed by atoms with Gasteiger partial charge in [-0.15, -0.1) is 0 Å². The van der Waals surface area contributed by atoms with E-state index in [1.54, 1.807) is 6.92 Å². The van der Waals surface area contributed by atoms with Crippen LogP contribution in [0, 0.1) is 0 Å².